The van der Waals surface area contributed by atoms with Crippen LogP contribution in [0.3, 0.4) is 0 Å². The van der Waals surface area contributed by atoms with Crippen molar-refractivity contribution in [1.82, 2.24) is 14.9 Å². The number of aromatic nitrogens is 2. The molecular formula is C17H18F3N3O3. The van der Waals surface area contributed by atoms with E-state index in [1.807, 2.05) is 12.1 Å². The molecule has 0 spiro atoms. The molecule has 0 aromatic carbocycles. The van der Waals surface area contributed by atoms with Crippen molar-refractivity contribution in [3.63, 3.8) is 0 Å². The summed E-state index contributed by atoms with van der Waals surface area (Å²) in [6.45, 7) is 0.388. The molecule has 0 fully saturated rings. The van der Waals surface area contributed by atoms with Crippen LogP contribution in [0.25, 0.3) is 0 Å². The summed E-state index contributed by atoms with van der Waals surface area (Å²) in [6.07, 6.45) is -0.180. The van der Waals surface area contributed by atoms with Crippen molar-refractivity contribution >= 4 is 5.91 Å². The number of oxazole rings is 1. The average Bonchev–Trinajstić information content (AvgIpc) is 3.01. The molecule has 0 saturated heterocycles. The van der Waals surface area contributed by atoms with Gasteiger partial charge < -0.3 is 14.4 Å². The summed E-state index contributed by atoms with van der Waals surface area (Å²) in [4.78, 5) is 21.4. The Morgan fingerprint density at radius 3 is 2.81 bits per heavy atom. The van der Waals surface area contributed by atoms with Gasteiger partial charge in [0.05, 0.1) is 6.54 Å². The predicted molar refractivity (Wildman–Crippen MR) is 83.9 cm³/mol. The van der Waals surface area contributed by atoms with Crippen molar-refractivity contribution in [2.24, 2.45) is 0 Å². The summed E-state index contributed by atoms with van der Waals surface area (Å²) in [5.41, 5.74) is -1.97. The van der Waals surface area contributed by atoms with Gasteiger partial charge >= 0.3 is 6.18 Å². The highest BCUT2D eigenvalue weighted by Crippen LogP contribution is 2.33. The summed E-state index contributed by atoms with van der Waals surface area (Å²) >= 11 is 0. The molecule has 2 aromatic heterocycles. The molecule has 26 heavy (non-hydrogen) atoms. The maximum atomic E-state index is 12.9. The largest absolute Gasteiger partial charge is 0.445 e. The molecule has 9 heteroatoms. The van der Waals surface area contributed by atoms with Crippen LogP contribution in [0, 0.1) is 0 Å². The molecule has 3 rings (SSSR count). The minimum Gasteiger partial charge on any atom is -0.445 e. The van der Waals surface area contributed by atoms with E-state index in [0.29, 0.717) is 37.1 Å². The van der Waals surface area contributed by atoms with E-state index in [1.165, 1.54) is 0 Å². The van der Waals surface area contributed by atoms with E-state index in [4.69, 9.17) is 4.42 Å². The molecule has 0 saturated carbocycles. The molecule has 1 amide bonds. The van der Waals surface area contributed by atoms with Gasteiger partial charge in [-0.2, -0.15) is 13.2 Å². The Balaban J connectivity index is 1.68. The molecule has 2 aromatic rings. The molecule has 1 unspecified atom stereocenters. The van der Waals surface area contributed by atoms with Crippen LogP contribution < -0.4 is 0 Å². The van der Waals surface area contributed by atoms with Gasteiger partial charge in [-0.3, -0.25) is 9.78 Å². The quantitative estimate of drug-likeness (QED) is 0.892. The summed E-state index contributed by atoms with van der Waals surface area (Å²) in [7, 11) is 0. The van der Waals surface area contributed by atoms with E-state index in [-0.39, 0.29) is 19.5 Å². The highest BCUT2D eigenvalue weighted by molar-refractivity contribution is 5.85. The van der Waals surface area contributed by atoms with Gasteiger partial charge in [0.25, 0.3) is 5.91 Å². The maximum absolute atomic E-state index is 12.9. The van der Waals surface area contributed by atoms with E-state index < -0.39 is 17.7 Å². The first-order valence-corrected chi connectivity index (χ1v) is 8.13. The predicted octanol–water partition coefficient (Wildman–Crippen LogP) is 2.05. The van der Waals surface area contributed by atoms with Gasteiger partial charge in [0.15, 0.2) is 5.89 Å². The molecule has 1 aliphatic heterocycles. The lowest BCUT2D eigenvalue weighted by Gasteiger charge is -2.33. The van der Waals surface area contributed by atoms with Gasteiger partial charge in [-0.1, -0.05) is 6.07 Å². The summed E-state index contributed by atoms with van der Waals surface area (Å²) < 4.78 is 44.2. The highest BCUT2D eigenvalue weighted by atomic mass is 19.4. The minimum atomic E-state index is -5.04. The van der Waals surface area contributed by atoms with E-state index in [2.05, 4.69) is 9.97 Å². The van der Waals surface area contributed by atoms with Crippen molar-refractivity contribution in [3.05, 3.63) is 47.4 Å². The van der Waals surface area contributed by atoms with Crippen molar-refractivity contribution < 1.29 is 27.5 Å². The number of carbonyl (C=O) groups excluding carboxylic acids is 1. The number of rotatable bonds is 4. The Labute approximate surface area is 147 Å². The van der Waals surface area contributed by atoms with Crippen LogP contribution in [-0.2, 0) is 30.6 Å². The monoisotopic (exact) mass is 369 g/mol. The SMILES string of the molecule is CC(O)(C(=O)N1CCc2oc(CCc3cccnc3)nc2C1)C(F)(F)F. The molecule has 0 aliphatic carbocycles. The zero-order valence-corrected chi connectivity index (χ0v) is 14.1. The Hall–Kier alpha value is -2.42. The molecule has 0 bridgehead atoms. The second kappa shape index (κ2) is 6.71. The van der Waals surface area contributed by atoms with Crippen LogP contribution >= 0.6 is 0 Å². The van der Waals surface area contributed by atoms with Crippen molar-refractivity contribution in [2.75, 3.05) is 6.54 Å². The Kier molecular flexibility index (Phi) is 4.74. The Morgan fingerprint density at radius 2 is 2.15 bits per heavy atom. The Bertz CT molecular complexity index is 788. The fourth-order valence-corrected chi connectivity index (χ4v) is 2.76. The third-order valence-electron chi connectivity index (χ3n) is 4.38. The third-order valence-corrected chi connectivity index (χ3v) is 4.38. The maximum Gasteiger partial charge on any atom is 0.426 e. The van der Waals surface area contributed by atoms with Crippen molar-refractivity contribution in [2.45, 2.75) is 44.5 Å². The fourth-order valence-electron chi connectivity index (χ4n) is 2.76. The number of halogens is 3. The van der Waals surface area contributed by atoms with Crippen LogP contribution in [-0.4, -0.2) is 44.2 Å². The second-order valence-electron chi connectivity index (χ2n) is 6.39. The number of hydrogen-bond acceptors (Lipinski definition) is 5. The number of alkyl halides is 3. The highest BCUT2D eigenvalue weighted by Gasteiger charge is 2.57. The minimum absolute atomic E-state index is 0.0370. The molecule has 1 aliphatic rings. The average molecular weight is 369 g/mol. The lowest BCUT2D eigenvalue weighted by molar-refractivity contribution is -0.250. The smallest absolute Gasteiger partial charge is 0.426 e. The summed E-state index contributed by atoms with van der Waals surface area (Å²) in [6, 6.07) is 3.75. The number of pyridine rings is 1. The molecule has 0 radical (unpaired) electrons. The first-order valence-electron chi connectivity index (χ1n) is 8.13. The van der Waals surface area contributed by atoms with E-state index >= 15 is 0 Å². The van der Waals surface area contributed by atoms with E-state index in [9.17, 15) is 23.1 Å². The second-order valence-corrected chi connectivity index (χ2v) is 6.39. The van der Waals surface area contributed by atoms with Gasteiger partial charge in [0, 0.05) is 31.8 Å². The third kappa shape index (κ3) is 3.57. The van der Waals surface area contributed by atoms with Gasteiger partial charge in [-0.05, 0) is 25.0 Å². The van der Waals surface area contributed by atoms with Crippen LogP contribution in [0.5, 0.6) is 0 Å². The van der Waals surface area contributed by atoms with Crippen LogP contribution in [0.15, 0.2) is 28.9 Å². The Morgan fingerprint density at radius 1 is 1.38 bits per heavy atom. The summed E-state index contributed by atoms with van der Waals surface area (Å²) in [5, 5.41) is 9.57. The zero-order chi connectivity index (χ0) is 18.9. The summed E-state index contributed by atoms with van der Waals surface area (Å²) in [5.74, 6) is -0.340. The van der Waals surface area contributed by atoms with Gasteiger partial charge in [-0.25, -0.2) is 4.98 Å². The normalized spacial score (nSPS) is 16.9. The number of aliphatic hydroxyl groups is 1. The van der Waals surface area contributed by atoms with Gasteiger partial charge in [-0.15, -0.1) is 0 Å². The van der Waals surface area contributed by atoms with Gasteiger partial charge in [0.1, 0.15) is 11.5 Å². The fraction of sp³-hybridized carbons (Fsp3) is 0.471. The number of fused-ring (bicyclic) bond motifs is 1. The molecule has 1 atom stereocenters. The van der Waals surface area contributed by atoms with E-state index in [1.54, 1.807) is 12.4 Å². The van der Waals surface area contributed by atoms with Crippen LogP contribution in [0.1, 0.15) is 29.8 Å². The van der Waals surface area contributed by atoms with Crippen LogP contribution in [0.4, 0.5) is 13.2 Å². The molecule has 3 heterocycles. The molecule has 140 valence electrons. The van der Waals surface area contributed by atoms with Crippen molar-refractivity contribution in [1.29, 1.82) is 0 Å². The topological polar surface area (TPSA) is 79.5 Å². The van der Waals surface area contributed by atoms with Crippen LogP contribution in [0.2, 0.25) is 0 Å². The number of nitrogens with zero attached hydrogens (tertiary/aromatic N) is 3. The number of carbonyl (C=O) groups is 1. The lowest BCUT2D eigenvalue weighted by atomic mass is 10.0. The van der Waals surface area contributed by atoms with E-state index in [0.717, 1.165) is 10.5 Å². The first-order chi connectivity index (χ1) is 12.2. The molecule has 1 N–H and O–H groups in total. The van der Waals surface area contributed by atoms with Gasteiger partial charge in [0.2, 0.25) is 5.60 Å². The molecular weight excluding hydrogens is 351 g/mol. The lowest BCUT2D eigenvalue weighted by Crippen LogP contribution is -2.56. The molecule has 6 nitrogen and oxygen atoms in total. The number of hydrogen-bond donors (Lipinski definition) is 1. The zero-order valence-electron chi connectivity index (χ0n) is 14.1. The first kappa shape index (κ1) is 18.4. The number of aryl methyl sites for hydroxylation is 2. The van der Waals surface area contributed by atoms with Crippen molar-refractivity contribution in [3.8, 4) is 0 Å². The number of amides is 1. The standard InChI is InChI=1S/C17H18F3N3O3/c1-16(25,17(18,19)20)15(24)23-8-6-13-12(10-23)22-14(26-13)5-4-11-3-2-7-21-9-11/h2-3,7,9,25H,4-6,8,10H2,1H3.